The Bertz CT molecular complexity index is 811. The fraction of sp³-hybridized carbons (Fsp3) is 0.478. The molecule has 0 spiro atoms. The molecule has 0 saturated heterocycles. The number of fused-ring (bicyclic) bond motifs is 3. The average Bonchev–Trinajstić information content (AvgIpc) is 2.65. The van der Waals surface area contributed by atoms with E-state index >= 15 is 0 Å². The van der Waals surface area contributed by atoms with Crippen molar-refractivity contribution in [3.05, 3.63) is 57.1 Å². The van der Waals surface area contributed by atoms with Crippen molar-refractivity contribution in [2.24, 2.45) is 0 Å². The standard InChI is InChI=1S/C23H29Br/c1-21(2,3)17-12-14-16(13-18(17)22(4,5)6)23(7,8)15-10-9-11-19(24)20(14)15/h9-13H,1-8H3. The van der Waals surface area contributed by atoms with Crippen LogP contribution in [0.15, 0.2) is 34.8 Å². The molecule has 0 aromatic heterocycles. The third-order valence-electron chi connectivity index (χ3n) is 5.40. The molecule has 128 valence electrons. The number of halogens is 1. The molecule has 3 rings (SSSR count). The molecule has 0 N–H and O–H groups in total. The molecule has 2 aromatic carbocycles. The number of benzene rings is 2. The second-order valence-electron chi connectivity index (χ2n) is 9.73. The first-order valence-corrected chi connectivity index (χ1v) is 9.63. The number of hydrogen-bond donors (Lipinski definition) is 0. The summed E-state index contributed by atoms with van der Waals surface area (Å²) in [4.78, 5) is 0. The fourth-order valence-electron chi connectivity index (χ4n) is 4.03. The highest BCUT2D eigenvalue weighted by atomic mass is 79.9. The normalized spacial score (nSPS) is 16.0. The summed E-state index contributed by atoms with van der Waals surface area (Å²) in [6, 6.07) is 11.6. The lowest BCUT2D eigenvalue weighted by Crippen LogP contribution is -2.24. The van der Waals surface area contributed by atoms with Crippen molar-refractivity contribution in [3.63, 3.8) is 0 Å². The van der Waals surface area contributed by atoms with Crippen molar-refractivity contribution in [1.82, 2.24) is 0 Å². The minimum atomic E-state index is 0.0465. The van der Waals surface area contributed by atoms with E-state index in [9.17, 15) is 0 Å². The van der Waals surface area contributed by atoms with Crippen LogP contribution in [0.25, 0.3) is 11.1 Å². The lowest BCUT2D eigenvalue weighted by Gasteiger charge is -2.32. The van der Waals surface area contributed by atoms with Crippen LogP contribution in [-0.2, 0) is 16.2 Å². The highest BCUT2D eigenvalue weighted by Gasteiger charge is 2.39. The molecule has 0 bridgehead atoms. The maximum atomic E-state index is 3.80. The van der Waals surface area contributed by atoms with E-state index in [0.717, 1.165) is 0 Å². The molecule has 0 heterocycles. The van der Waals surface area contributed by atoms with Gasteiger partial charge in [-0.25, -0.2) is 0 Å². The quantitative estimate of drug-likeness (QED) is 0.445. The lowest BCUT2D eigenvalue weighted by molar-refractivity contribution is 0.527. The van der Waals surface area contributed by atoms with Crippen molar-refractivity contribution in [3.8, 4) is 11.1 Å². The Kier molecular flexibility index (Phi) is 3.85. The minimum absolute atomic E-state index is 0.0465. The van der Waals surface area contributed by atoms with Crippen LogP contribution in [0.5, 0.6) is 0 Å². The van der Waals surface area contributed by atoms with E-state index in [1.165, 1.54) is 37.9 Å². The fourth-order valence-corrected chi connectivity index (χ4v) is 4.61. The van der Waals surface area contributed by atoms with E-state index in [2.05, 4.69) is 102 Å². The van der Waals surface area contributed by atoms with Gasteiger partial charge in [0.25, 0.3) is 0 Å². The van der Waals surface area contributed by atoms with E-state index in [1.54, 1.807) is 0 Å². The Labute approximate surface area is 155 Å². The van der Waals surface area contributed by atoms with Crippen LogP contribution in [-0.4, -0.2) is 0 Å². The Morgan fingerprint density at radius 2 is 1.33 bits per heavy atom. The molecule has 0 unspecified atom stereocenters. The van der Waals surface area contributed by atoms with Crippen LogP contribution in [0.1, 0.15) is 77.6 Å². The van der Waals surface area contributed by atoms with Gasteiger partial charge in [0.05, 0.1) is 0 Å². The predicted molar refractivity (Wildman–Crippen MR) is 109 cm³/mol. The van der Waals surface area contributed by atoms with Gasteiger partial charge in [-0.2, -0.15) is 0 Å². The summed E-state index contributed by atoms with van der Waals surface area (Å²) in [5, 5.41) is 0. The van der Waals surface area contributed by atoms with Gasteiger partial charge in [-0.3, -0.25) is 0 Å². The molecule has 0 radical (unpaired) electrons. The van der Waals surface area contributed by atoms with Crippen LogP contribution in [0.3, 0.4) is 0 Å². The maximum absolute atomic E-state index is 3.80. The van der Waals surface area contributed by atoms with Crippen LogP contribution < -0.4 is 0 Å². The monoisotopic (exact) mass is 384 g/mol. The minimum Gasteiger partial charge on any atom is -0.0608 e. The Morgan fingerprint density at radius 3 is 1.88 bits per heavy atom. The van der Waals surface area contributed by atoms with Gasteiger partial charge in [0.2, 0.25) is 0 Å². The van der Waals surface area contributed by atoms with E-state index in [1.807, 2.05) is 0 Å². The van der Waals surface area contributed by atoms with Crippen LogP contribution in [0.4, 0.5) is 0 Å². The third-order valence-corrected chi connectivity index (χ3v) is 6.06. The largest absolute Gasteiger partial charge is 0.0608 e. The molecule has 1 heteroatoms. The molecule has 0 nitrogen and oxygen atoms in total. The van der Waals surface area contributed by atoms with Gasteiger partial charge in [-0.1, -0.05) is 89.5 Å². The third kappa shape index (κ3) is 2.56. The van der Waals surface area contributed by atoms with E-state index in [4.69, 9.17) is 0 Å². The summed E-state index contributed by atoms with van der Waals surface area (Å²) in [7, 11) is 0. The molecule has 0 aliphatic heterocycles. The Morgan fingerprint density at radius 1 is 0.792 bits per heavy atom. The van der Waals surface area contributed by atoms with Gasteiger partial charge in [0.15, 0.2) is 0 Å². The molecule has 24 heavy (non-hydrogen) atoms. The summed E-state index contributed by atoms with van der Waals surface area (Å²) in [6.45, 7) is 18.7. The summed E-state index contributed by atoms with van der Waals surface area (Å²) < 4.78 is 1.20. The first-order valence-electron chi connectivity index (χ1n) is 8.84. The molecule has 0 fully saturated rings. The van der Waals surface area contributed by atoms with E-state index in [-0.39, 0.29) is 16.2 Å². The second-order valence-corrected chi connectivity index (χ2v) is 10.6. The highest BCUT2D eigenvalue weighted by molar-refractivity contribution is 9.10. The Hall–Kier alpha value is -1.08. The zero-order chi connectivity index (χ0) is 18.1. The van der Waals surface area contributed by atoms with E-state index < -0.39 is 0 Å². The van der Waals surface area contributed by atoms with Gasteiger partial charge in [-0.15, -0.1) is 0 Å². The van der Waals surface area contributed by atoms with Crippen LogP contribution in [0, 0.1) is 0 Å². The molecule has 1 aliphatic carbocycles. The highest BCUT2D eigenvalue weighted by Crippen LogP contribution is 2.53. The molecule has 1 aliphatic rings. The van der Waals surface area contributed by atoms with Gasteiger partial charge in [-0.05, 0) is 50.8 Å². The molecule has 0 atom stereocenters. The van der Waals surface area contributed by atoms with Gasteiger partial charge in [0, 0.05) is 15.5 Å². The maximum Gasteiger partial charge on any atom is 0.0256 e. The number of hydrogen-bond acceptors (Lipinski definition) is 0. The van der Waals surface area contributed by atoms with Crippen molar-refractivity contribution >= 4 is 15.9 Å². The first kappa shape index (κ1) is 17.7. The van der Waals surface area contributed by atoms with Gasteiger partial charge < -0.3 is 0 Å². The first-order chi connectivity index (χ1) is 10.8. The summed E-state index contributed by atoms with van der Waals surface area (Å²) in [6.07, 6.45) is 0. The average molecular weight is 385 g/mol. The molecule has 2 aromatic rings. The zero-order valence-corrected chi connectivity index (χ0v) is 17.9. The summed E-state index contributed by atoms with van der Waals surface area (Å²) in [5.74, 6) is 0. The SMILES string of the molecule is CC(C)(C)c1cc2c(cc1C(C)(C)C)C(C)(C)c1cccc(Br)c1-2. The van der Waals surface area contributed by atoms with Gasteiger partial charge in [0.1, 0.15) is 0 Å². The second kappa shape index (κ2) is 5.21. The molecule has 0 amide bonds. The van der Waals surface area contributed by atoms with Crippen molar-refractivity contribution < 1.29 is 0 Å². The van der Waals surface area contributed by atoms with Crippen molar-refractivity contribution in [2.45, 2.75) is 71.6 Å². The number of rotatable bonds is 0. The Balaban J connectivity index is 2.43. The molecular weight excluding hydrogens is 356 g/mol. The zero-order valence-electron chi connectivity index (χ0n) is 16.3. The van der Waals surface area contributed by atoms with Crippen LogP contribution in [0.2, 0.25) is 0 Å². The van der Waals surface area contributed by atoms with Crippen LogP contribution >= 0.6 is 15.9 Å². The van der Waals surface area contributed by atoms with Crippen molar-refractivity contribution in [2.75, 3.05) is 0 Å². The predicted octanol–water partition coefficient (Wildman–Crippen LogP) is 7.35. The summed E-state index contributed by atoms with van der Waals surface area (Å²) >= 11 is 3.80. The van der Waals surface area contributed by atoms with Crippen molar-refractivity contribution in [1.29, 1.82) is 0 Å². The molecular formula is C23H29Br. The lowest BCUT2D eigenvalue weighted by atomic mass is 9.72. The van der Waals surface area contributed by atoms with E-state index in [0.29, 0.717) is 0 Å². The molecule has 0 saturated carbocycles. The summed E-state index contributed by atoms with van der Waals surface area (Å²) in [5.41, 5.74) is 8.93. The smallest absolute Gasteiger partial charge is 0.0256 e. The van der Waals surface area contributed by atoms with Gasteiger partial charge >= 0.3 is 0 Å². The topological polar surface area (TPSA) is 0 Å².